The predicted octanol–water partition coefficient (Wildman–Crippen LogP) is 1.23. The molecule has 8 nitrogen and oxygen atoms in total. The molecule has 0 heterocycles. The van der Waals surface area contributed by atoms with E-state index in [4.69, 9.17) is 5.11 Å². The Morgan fingerprint density at radius 3 is 2.55 bits per heavy atom. The Hall–Kier alpha value is -2.64. The number of carboxylic acid groups (broad SMARTS) is 1. The largest absolute Gasteiger partial charge is 0.478 e. The molecule has 0 saturated carbocycles. The van der Waals surface area contributed by atoms with E-state index in [9.17, 15) is 19.7 Å². The summed E-state index contributed by atoms with van der Waals surface area (Å²) in [5.41, 5.74) is -0.386. The van der Waals surface area contributed by atoms with Crippen LogP contribution in [0.15, 0.2) is 18.2 Å². The molecule has 0 aliphatic carbocycles. The number of carbonyl (C=O) groups excluding carboxylic acids is 1. The molecule has 1 aromatic rings. The van der Waals surface area contributed by atoms with Crippen molar-refractivity contribution in [2.24, 2.45) is 0 Å². The number of aromatic carboxylic acids is 1. The van der Waals surface area contributed by atoms with Crippen molar-refractivity contribution in [3.8, 4) is 0 Å². The van der Waals surface area contributed by atoms with Gasteiger partial charge in [0, 0.05) is 12.1 Å². The van der Waals surface area contributed by atoms with Gasteiger partial charge in [0.25, 0.3) is 5.69 Å². The Bertz CT molecular complexity index is 542. The number of anilines is 1. The molecule has 0 bridgehead atoms. The summed E-state index contributed by atoms with van der Waals surface area (Å²) < 4.78 is 0. The van der Waals surface area contributed by atoms with Gasteiger partial charge in [-0.2, -0.15) is 0 Å². The fourth-order valence-corrected chi connectivity index (χ4v) is 1.52. The summed E-state index contributed by atoms with van der Waals surface area (Å²) in [5, 5.41) is 24.9. The molecule has 0 unspecified atom stereocenters. The van der Waals surface area contributed by atoms with Crippen LogP contribution in [0, 0.1) is 10.1 Å². The van der Waals surface area contributed by atoms with Crippen LogP contribution in [0.25, 0.3) is 0 Å². The molecule has 0 saturated heterocycles. The molecule has 1 aromatic carbocycles. The van der Waals surface area contributed by atoms with Crippen LogP contribution >= 0.6 is 0 Å². The van der Waals surface area contributed by atoms with Crippen LogP contribution in [0.3, 0.4) is 0 Å². The molecule has 20 heavy (non-hydrogen) atoms. The Kier molecular flexibility index (Phi) is 5.01. The topological polar surface area (TPSA) is 122 Å². The molecule has 8 heteroatoms. The SMILES string of the molecule is CC(C)NC(=O)CNc1cc(C(=O)O)ccc1[N+](=O)[O-]. The lowest BCUT2D eigenvalue weighted by atomic mass is 10.1. The van der Waals surface area contributed by atoms with Gasteiger partial charge in [-0.3, -0.25) is 14.9 Å². The number of amides is 1. The van der Waals surface area contributed by atoms with Gasteiger partial charge in [-0.1, -0.05) is 0 Å². The second-order valence-electron chi connectivity index (χ2n) is 4.37. The van der Waals surface area contributed by atoms with Gasteiger partial charge in [0.05, 0.1) is 17.0 Å². The van der Waals surface area contributed by atoms with Gasteiger partial charge in [-0.15, -0.1) is 0 Å². The van der Waals surface area contributed by atoms with Crippen LogP contribution in [0.1, 0.15) is 24.2 Å². The number of hydrogen-bond donors (Lipinski definition) is 3. The molecule has 0 atom stereocenters. The first-order valence-electron chi connectivity index (χ1n) is 5.86. The third kappa shape index (κ3) is 4.23. The summed E-state index contributed by atoms with van der Waals surface area (Å²) in [4.78, 5) is 32.5. The minimum absolute atomic E-state index is 0.00574. The number of benzene rings is 1. The van der Waals surface area contributed by atoms with Crippen LogP contribution in [0.5, 0.6) is 0 Å². The Morgan fingerprint density at radius 2 is 2.05 bits per heavy atom. The Balaban J connectivity index is 2.90. The van der Waals surface area contributed by atoms with Crippen molar-refractivity contribution in [3.63, 3.8) is 0 Å². The highest BCUT2D eigenvalue weighted by Crippen LogP contribution is 2.25. The van der Waals surface area contributed by atoms with Crippen LogP contribution in [0.4, 0.5) is 11.4 Å². The van der Waals surface area contributed by atoms with E-state index >= 15 is 0 Å². The van der Waals surface area contributed by atoms with E-state index in [0.29, 0.717) is 0 Å². The maximum Gasteiger partial charge on any atom is 0.335 e. The summed E-state index contributed by atoms with van der Waals surface area (Å²) in [7, 11) is 0. The average Bonchev–Trinajstić information content (AvgIpc) is 2.34. The molecular formula is C12H15N3O5. The standard InChI is InChI=1S/C12H15N3O5/c1-7(2)14-11(16)6-13-9-5-8(12(17)18)3-4-10(9)15(19)20/h3-5,7,13H,6H2,1-2H3,(H,14,16)(H,17,18). The zero-order chi connectivity index (χ0) is 15.3. The summed E-state index contributed by atoms with van der Waals surface area (Å²) in [5.74, 6) is -1.54. The third-order valence-corrected chi connectivity index (χ3v) is 2.33. The smallest absolute Gasteiger partial charge is 0.335 e. The van der Waals surface area contributed by atoms with Crippen molar-refractivity contribution in [1.29, 1.82) is 0 Å². The lowest BCUT2D eigenvalue weighted by Crippen LogP contribution is -2.34. The highest BCUT2D eigenvalue weighted by molar-refractivity contribution is 5.90. The maximum absolute atomic E-state index is 11.5. The first-order chi connectivity index (χ1) is 9.31. The van der Waals surface area contributed by atoms with E-state index in [1.165, 1.54) is 0 Å². The summed E-state index contributed by atoms with van der Waals surface area (Å²) >= 11 is 0. The molecule has 0 aromatic heterocycles. The van der Waals surface area contributed by atoms with Gasteiger partial charge in [0.2, 0.25) is 5.91 Å². The molecule has 0 aliphatic heterocycles. The fourth-order valence-electron chi connectivity index (χ4n) is 1.52. The van der Waals surface area contributed by atoms with Crippen molar-refractivity contribution in [3.05, 3.63) is 33.9 Å². The number of rotatable bonds is 6. The van der Waals surface area contributed by atoms with E-state index in [0.717, 1.165) is 18.2 Å². The van der Waals surface area contributed by atoms with Gasteiger partial charge in [-0.25, -0.2) is 4.79 Å². The van der Waals surface area contributed by atoms with E-state index in [2.05, 4.69) is 10.6 Å². The van der Waals surface area contributed by atoms with Gasteiger partial charge >= 0.3 is 5.97 Å². The molecule has 1 rings (SSSR count). The molecular weight excluding hydrogens is 266 g/mol. The molecule has 0 radical (unpaired) electrons. The number of carboxylic acids is 1. The zero-order valence-corrected chi connectivity index (χ0v) is 11.0. The monoisotopic (exact) mass is 281 g/mol. The quantitative estimate of drug-likeness (QED) is 0.532. The molecule has 0 aliphatic rings. The molecule has 108 valence electrons. The second-order valence-corrected chi connectivity index (χ2v) is 4.37. The second kappa shape index (κ2) is 6.50. The summed E-state index contributed by atoms with van der Waals surface area (Å²) in [6.45, 7) is 3.39. The molecule has 0 fully saturated rings. The summed E-state index contributed by atoms with van der Waals surface area (Å²) in [6.07, 6.45) is 0. The fraction of sp³-hybridized carbons (Fsp3) is 0.333. The minimum atomic E-state index is -1.20. The molecule has 1 amide bonds. The first kappa shape index (κ1) is 15.4. The highest BCUT2D eigenvalue weighted by Gasteiger charge is 2.17. The maximum atomic E-state index is 11.5. The Morgan fingerprint density at radius 1 is 1.40 bits per heavy atom. The average molecular weight is 281 g/mol. The number of nitro groups is 1. The summed E-state index contributed by atoms with van der Waals surface area (Å²) in [6, 6.07) is 3.30. The van der Waals surface area contributed by atoms with Crippen molar-refractivity contribution in [1.82, 2.24) is 5.32 Å². The number of carbonyl (C=O) groups is 2. The van der Waals surface area contributed by atoms with Crippen molar-refractivity contribution >= 4 is 23.3 Å². The van der Waals surface area contributed by atoms with Crippen LogP contribution < -0.4 is 10.6 Å². The van der Waals surface area contributed by atoms with Gasteiger partial charge in [0.1, 0.15) is 5.69 Å². The van der Waals surface area contributed by atoms with Crippen LogP contribution in [0.2, 0.25) is 0 Å². The molecule has 0 spiro atoms. The normalized spacial score (nSPS) is 10.2. The lowest BCUT2D eigenvalue weighted by molar-refractivity contribution is -0.383. The van der Waals surface area contributed by atoms with E-state index in [1.807, 2.05) is 0 Å². The number of nitro benzene ring substituents is 1. The van der Waals surface area contributed by atoms with Crippen LogP contribution in [-0.2, 0) is 4.79 Å². The Labute approximate surface area is 114 Å². The van der Waals surface area contributed by atoms with Gasteiger partial charge in [0.15, 0.2) is 0 Å². The number of nitrogens with one attached hydrogen (secondary N) is 2. The lowest BCUT2D eigenvalue weighted by Gasteiger charge is -2.10. The van der Waals surface area contributed by atoms with Gasteiger partial charge in [-0.05, 0) is 26.0 Å². The zero-order valence-electron chi connectivity index (χ0n) is 11.0. The van der Waals surface area contributed by atoms with Crippen molar-refractivity contribution in [2.75, 3.05) is 11.9 Å². The van der Waals surface area contributed by atoms with Crippen molar-refractivity contribution in [2.45, 2.75) is 19.9 Å². The highest BCUT2D eigenvalue weighted by atomic mass is 16.6. The van der Waals surface area contributed by atoms with Crippen LogP contribution in [-0.4, -0.2) is 34.5 Å². The minimum Gasteiger partial charge on any atom is -0.478 e. The molecule has 3 N–H and O–H groups in total. The number of nitrogens with zero attached hydrogens (tertiary/aromatic N) is 1. The van der Waals surface area contributed by atoms with Crippen molar-refractivity contribution < 1.29 is 19.6 Å². The van der Waals surface area contributed by atoms with Gasteiger partial charge < -0.3 is 15.7 Å². The predicted molar refractivity (Wildman–Crippen MR) is 71.8 cm³/mol. The van der Waals surface area contributed by atoms with E-state index < -0.39 is 10.9 Å². The number of hydrogen-bond acceptors (Lipinski definition) is 5. The third-order valence-electron chi connectivity index (χ3n) is 2.33. The first-order valence-corrected chi connectivity index (χ1v) is 5.86. The van der Waals surface area contributed by atoms with E-state index in [1.54, 1.807) is 13.8 Å². The van der Waals surface area contributed by atoms with E-state index in [-0.39, 0.29) is 35.4 Å².